The molecule has 0 bridgehead atoms. The third-order valence-electron chi connectivity index (χ3n) is 2.02. The van der Waals surface area contributed by atoms with Crippen molar-refractivity contribution in [2.24, 2.45) is 5.73 Å². The quantitative estimate of drug-likeness (QED) is 0.596. The summed E-state index contributed by atoms with van der Waals surface area (Å²) >= 11 is 0. The van der Waals surface area contributed by atoms with Gasteiger partial charge in [-0.3, -0.25) is 0 Å². The van der Waals surface area contributed by atoms with E-state index in [4.69, 9.17) is 10.3 Å². The molecule has 0 aliphatic carbocycles. The van der Waals surface area contributed by atoms with E-state index in [0.29, 0.717) is 13.1 Å². The van der Waals surface area contributed by atoms with Crippen molar-refractivity contribution in [3.63, 3.8) is 0 Å². The lowest BCUT2D eigenvalue weighted by Gasteiger charge is -2.23. The summed E-state index contributed by atoms with van der Waals surface area (Å²) in [5, 5.41) is 3.80. The highest BCUT2D eigenvalue weighted by Crippen LogP contribution is 2.16. The van der Waals surface area contributed by atoms with Gasteiger partial charge in [-0.15, -0.1) is 0 Å². The van der Waals surface area contributed by atoms with Gasteiger partial charge in [0.25, 0.3) is 0 Å². The number of aromatic nitrogens is 1. The maximum absolute atomic E-state index is 10.8. The van der Waals surface area contributed by atoms with Gasteiger partial charge in [0.15, 0.2) is 0 Å². The van der Waals surface area contributed by atoms with E-state index in [1.165, 1.54) is 0 Å². The van der Waals surface area contributed by atoms with Gasteiger partial charge in [0.1, 0.15) is 6.26 Å². The average Bonchev–Trinajstić information content (AvgIpc) is 2.49. The summed E-state index contributed by atoms with van der Waals surface area (Å²) in [6, 6.07) is -0.387. The number of carbonyl (C=O) groups is 1. The minimum absolute atomic E-state index is 0.387. The molecule has 2 heterocycles. The molecule has 1 aromatic rings. The van der Waals surface area contributed by atoms with E-state index in [2.05, 4.69) is 5.16 Å². The highest BCUT2D eigenvalue weighted by Gasteiger charge is 2.20. The van der Waals surface area contributed by atoms with Crippen LogP contribution in [-0.4, -0.2) is 22.6 Å². The molecule has 0 atom stereocenters. The van der Waals surface area contributed by atoms with Crippen LogP contribution < -0.4 is 5.73 Å². The van der Waals surface area contributed by atoms with Gasteiger partial charge in [-0.2, -0.15) is 0 Å². The number of hydrogen-bond acceptors (Lipinski definition) is 3. The number of nitrogens with two attached hydrogens (primary N) is 1. The molecule has 1 aromatic heterocycles. The standard InChI is InChI=1S/C7H9N3O2/c8-7(11)10-2-1-6-5(3-10)4-12-9-6/h4H,1-3H2,(H2,8,11). The van der Waals surface area contributed by atoms with E-state index in [0.717, 1.165) is 17.7 Å². The second kappa shape index (κ2) is 2.51. The average molecular weight is 167 g/mol. The van der Waals surface area contributed by atoms with Crippen LogP contribution >= 0.6 is 0 Å². The molecule has 0 saturated heterocycles. The van der Waals surface area contributed by atoms with Crippen molar-refractivity contribution in [2.75, 3.05) is 6.54 Å². The van der Waals surface area contributed by atoms with Crippen LogP contribution in [-0.2, 0) is 13.0 Å². The van der Waals surface area contributed by atoms with Crippen molar-refractivity contribution in [2.45, 2.75) is 13.0 Å². The number of carbonyl (C=O) groups excluding carboxylic acids is 1. The van der Waals surface area contributed by atoms with E-state index in [1.807, 2.05) is 0 Å². The Morgan fingerprint density at radius 3 is 3.33 bits per heavy atom. The van der Waals surface area contributed by atoms with Crippen LogP contribution in [0.15, 0.2) is 10.8 Å². The Hall–Kier alpha value is -1.52. The molecule has 0 spiro atoms. The number of urea groups is 1. The lowest BCUT2D eigenvalue weighted by Crippen LogP contribution is -2.39. The van der Waals surface area contributed by atoms with Gasteiger partial charge < -0.3 is 15.2 Å². The molecular weight excluding hydrogens is 158 g/mol. The smallest absolute Gasteiger partial charge is 0.315 e. The van der Waals surface area contributed by atoms with Gasteiger partial charge in [-0.05, 0) is 0 Å². The molecule has 5 heteroatoms. The number of hydrogen-bond donors (Lipinski definition) is 1. The van der Waals surface area contributed by atoms with E-state index < -0.39 is 0 Å². The Labute approximate surface area is 69.1 Å². The first-order valence-electron chi connectivity index (χ1n) is 3.74. The molecule has 0 saturated carbocycles. The Kier molecular flexibility index (Phi) is 1.49. The number of fused-ring (bicyclic) bond motifs is 1. The Bertz CT molecular complexity index is 307. The number of amides is 2. The largest absolute Gasteiger partial charge is 0.364 e. The van der Waals surface area contributed by atoms with Crippen LogP contribution in [0.5, 0.6) is 0 Å². The van der Waals surface area contributed by atoms with Gasteiger partial charge in [0, 0.05) is 18.5 Å². The van der Waals surface area contributed by atoms with Gasteiger partial charge in [-0.1, -0.05) is 5.16 Å². The molecule has 1 aliphatic rings. The molecule has 0 unspecified atom stereocenters. The maximum Gasteiger partial charge on any atom is 0.315 e. The lowest BCUT2D eigenvalue weighted by molar-refractivity contribution is 0.202. The molecule has 1 aliphatic heterocycles. The second-order valence-corrected chi connectivity index (χ2v) is 2.80. The lowest BCUT2D eigenvalue weighted by atomic mass is 10.1. The maximum atomic E-state index is 10.8. The van der Waals surface area contributed by atoms with Crippen molar-refractivity contribution in [1.29, 1.82) is 0 Å². The van der Waals surface area contributed by atoms with E-state index >= 15 is 0 Å². The fourth-order valence-electron chi connectivity index (χ4n) is 1.33. The predicted molar refractivity (Wildman–Crippen MR) is 40.2 cm³/mol. The van der Waals surface area contributed by atoms with E-state index in [-0.39, 0.29) is 6.03 Å². The highest BCUT2D eigenvalue weighted by molar-refractivity contribution is 5.72. The molecule has 2 rings (SSSR count). The zero-order valence-electron chi connectivity index (χ0n) is 6.49. The highest BCUT2D eigenvalue weighted by atomic mass is 16.5. The van der Waals surface area contributed by atoms with Gasteiger partial charge >= 0.3 is 6.03 Å². The molecule has 5 nitrogen and oxygen atoms in total. The summed E-state index contributed by atoms with van der Waals surface area (Å²) in [5.74, 6) is 0. The summed E-state index contributed by atoms with van der Waals surface area (Å²) in [5.41, 5.74) is 7.02. The van der Waals surface area contributed by atoms with Crippen molar-refractivity contribution in [3.05, 3.63) is 17.5 Å². The first-order valence-corrected chi connectivity index (χ1v) is 3.74. The van der Waals surface area contributed by atoms with E-state index in [1.54, 1.807) is 11.2 Å². The third kappa shape index (κ3) is 1.03. The normalized spacial score (nSPS) is 15.8. The summed E-state index contributed by atoms with van der Waals surface area (Å²) in [4.78, 5) is 12.4. The molecule has 0 aromatic carbocycles. The van der Waals surface area contributed by atoms with Crippen LogP contribution in [0.4, 0.5) is 4.79 Å². The fraction of sp³-hybridized carbons (Fsp3) is 0.429. The summed E-state index contributed by atoms with van der Waals surface area (Å²) in [7, 11) is 0. The summed E-state index contributed by atoms with van der Waals surface area (Å²) in [6.07, 6.45) is 2.29. The minimum Gasteiger partial charge on any atom is -0.364 e. The van der Waals surface area contributed by atoms with Crippen molar-refractivity contribution < 1.29 is 9.32 Å². The van der Waals surface area contributed by atoms with Crippen molar-refractivity contribution in [1.82, 2.24) is 10.1 Å². The molecule has 2 amide bonds. The zero-order valence-corrected chi connectivity index (χ0v) is 6.49. The van der Waals surface area contributed by atoms with Crippen molar-refractivity contribution >= 4 is 6.03 Å². The van der Waals surface area contributed by atoms with Gasteiger partial charge in [0.05, 0.1) is 12.2 Å². The number of rotatable bonds is 0. The van der Waals surface area contributed by atoms with Crippen LogP contribution in [0.3, 0.4) is 0 Å². The monoisotopic (exact) mass is 167 g/mol. The predicted octanol–water partition coefficient (Wildman–Crippen LogP) is 0.111. The van der Waals surface area contributed by atoms with Gasteiger partial charge in [-0.25, -0.2) is 4.79 Å². The molecule has 2 N–H and O–H groups in total. The van der Waals surface area contributed by atoms with Crippen molar-refractivity contribution in [3.8, 4) is 0 Å². The summed E-state index contributed by atoms with van der Waals surface area (Å²) in [6.45, 7) is 1.16. The first-order chi connectivity index (χ1) is 5.77. The molecule has 0 fully saturated rings. The topological polar surface area (TPSA) is 72.4 Å². The second-order valence-electron chi connectivity index (χ2n) is 2.80. The minimum atomic E-state index is -0.387. The third-order valence-corrected chi connectivity index (χ3v) is 2.02. The van der Waals surface area contributed by atoms with E-state index in [9.17, 15) is 4.79 Å². The molecule has 12 heavy (non-hydrogen) atoms. The molecule has 64 valence electrons. The Morgan fingerprint density at radius 2 is 2.58 bits per heavy atom. The number of nitrogens with zero attached hydrogens (tertiary/aromatic N) is 2. The van der Waals surface area contributed by atoms with Crippen LogP contribution in [0.25, 0.3) is 0 Å². The van der Waals surface area contributed by atoms with Gasteiger partial charge in [0.2, 0.25) is 0 Å². The van der Waals surface area contributed by atoms with Crippen LogP contribution in [0.1, 0.15) is 11.3 Å². The van der Waals surface area contributed by atoms with Crippen LogP contribution in [0, 0.1) is 0 Å². The fourth-order valence-corrected chi connectivity index (χ4v) is 1.33. The Balaban J connectivity index is 2.20. The van der Waals surface area contributed by atoms with Crippen LogP contribution in [0.2, 0.25) is 0 Å². The first kappa shape index (κ1) is 7.15. The zero-order chi connectivity index (χ0) is 8.55. The SMILES string of the molecule is NC(=O)N1CCc2nocc2C1. The summed E-state index contributed by atoms with van der Waals surface area (Å²) < 4.78 is 4.77. The Morgan fingerprint density at radius 1 is 1.75 bits per heavy atom. The number of primary amides is 1. The molecule has 0 radical (unpaired) electrons. The molecular formula is C7H9N3O2.